The third kappa shape index (κ3) is 2.18. The SMILES string of the molecule is CC(C)n1cc(C(=O)O)c2c(C(F)(F)F)cccc21. The predicted molar refractivity (Wildman–Crippen MR) is 64.3 cm³/mol. The van der Waals surface area contributed by atoms with Gasteiger partial charge in [0.05, 0.1) is 11.1 Å². The molecule has 1 N–H and O–H groups in total. The van der Waals surface area contributed by atoms with Crippen molar-refractivity contribution in [2.45, 2.75) is 26.1 Å². The van der Waals surface area contributed by atoms with E-state index in [0.29, 0.717) is 0 Å². The summed E-state index contributed by atoms with van der Waals surface area (Å²) in [5.41, 5.74) is -0.958. The van der Waals surface area contributed by atoms with Gasteiger partial charge in [0.2, 0.25) is 0 Å². The number of fused-ring (bicyclic) bond motifs is 1. The zero-order valence-electron chi connectivity index (χ0n) is 10.3. The summed E-state index contributed by atoms with van der Waals surface area (Å²) in [6.07, 6.45) is -3.32. The molecule has 1 heterocycles. The van der Waals surface area contributed by atoms with Crippen LogP contribution in [0.25, 0.3) is 10.9 Å². The molecule has 19 heavy (non-hydrogen) atoms. The Hall–Kier alpha value is -1.98. The minimum absolute atomic E-state index is 0.126. The highest BCUT2D eigenvalue weighted by Gasteiger charge is 2.35. The molecule has 0 radical (unpaired) electrons. The van der Waals surface area contributed by atoms with Gasteiger partial charge in [-0.25, -0.2) is 4.79 Å². The van der Waals surface area contributed by atoms with Gasteiger partial charge < -0.3 is 9.67 Å². The van der Waals surface area contributed by atoms with E-state index in [9.17, 15) is 18.0 Å². The minimum atomic E-state index is -4.58. The standard InChI is InChI=1S/C13H12F3NO2/c1-7(2)17-6-8(12(18)19)11-9(13(14,15)16)4-3-5-10(11)17/h3-7H,1-2H3,(H,18,19). The molecule has 2 rings (SSSR count). The monoisotopic (exact) mass is 271 g/mol. The molecule has 0 saturated heterocycles. The molecule has 1 aromatic heterocycles. The van der Waals surface area contributed by atoms with Crippen molar-refractivity contribution >= 4 is 16.9 Å². The van der Waals surface area contributed by atoms with Gasteiger partial charge in [0.1, 0.15) is 0 Å². The lowest BCUT2D eigenvalue weighted by molar-refractivity contribution is -0.136. The zero-order chi connectivity index (χ0) is 14.4. The molecule has 6 heteroatoms. The molecule has 0 spiro atoms. The first-order valence-corrected chi connectivity index (χ1v) is 5.67. The van der Waals surface area contributed by atoms with Crippen LogP contribution >= 0.6 is 0 Å². The van der Waals surface area contributed by atoms with Crippen LogP contribution in [0, 0.1) is 0 Å². The normalized spacial score (nSPS) is 12.3. The third-order valence-corrected chi connectivity index (χ3v) is 2.95. The van der Waals surface area contributed by atoms with Crippen molar-refractivity contribution in [3.8, 4) is 0 Å². The molecule has 3 nitrogen and oxygen atoms in total. The average Bonchev–Trinajstić information content (AvgIpc) is 2.66. The van der Waals surface area contributed by atoms with Crippen LogP contribution in [0.3, 0.4) is 0 Å². The summed E-state index contributed by atoms with van der Waals surface area (Å²) in [6.45, 7) is 3.57. The molecule has 0 saturated carbocycles. The quantitative estimate of drug-likeness (QED) is 0.898. The molecule has 0 bridgehead atoms. The lowest BCUT2D eigenvalue weighted by atomic mass is 10.1. The van der Waals surface area contributed by atoms with Crippen molar-refractivity contribution in [1.82, 2.24) is 4.57 Å². The van der Waals surface area contributed by atoms with Gasteiger partial charge in [-0.15, -0.1) is 0 Å². The molecular formula is C13H12F3NO2. The lowest BCUT2D eigenvalue weighted by Crippen LogP contribution is -2.07. The number of aromatic nitrogens is 1. The van der Waals surface area contributed by atoms with Gasteiger partial charge in [-0.1, -0.05) is 6.07 Å². The molecule has 0 amide bonds. The molecule has 0 aliphatic heterocycles. The molecule has 0 fully saturated rings. The maximum atomic E-state index is 13.0. The van der Waals surface area contributed by atoms with Crippen LogP contribution in [0.2, 0.25) is 0 Å². The van der Waals surface area contributed by atoms with E-state index in [0.717, 1.165) is 6.07 Å². The summed E-state index contributed by atoms with van der Waals surface area (Å²) in [4.78, 5) is 11.1. The number of carboxylic acid groups (broad SMARTS) is 1. The fourth-order valence-corrected chi connectivity index (χ4v) is 2.14. The second kappa shape index (κ2) is 4.29. The Labute approximate surface area is 107 Å². The summed E-state index contributed by atoms with van der Waals surface area (Å²) in [5.74, 6) is -1.36. The Bertz CT molecular complexity index is 641. The van der Waals surface area contributed by atoms with E-state index in [1.54, 1.807) is 13.8 Å². The molecule has 102 valence electrons. The number of hydrogen-bond donors (Lipinski definition) is 1. The van der Waals surface area contributed by atoms with Crippen LogP contribution in [0.1, 0.15) is 35.8 Å². The Morgan fingerprint density at radius 2 is 1.95 bits per heavy atom. The number of nitrogens with zero attached hydrogens (tertiary/aromatic N) is 1. The highest BCUT2D eigenvalue weighted by molar-refractivity contribution is 6.05. The van der Waals surface area contributed by atoms with E-state index in [-0.39, 0.29) is 22.5 Å². The third-order valence-electron chi connectivity index (χ3n) is 2.95. The van der Waals surface area contributed by atoms with Crippen LogP contribution in [-0.4, -0.2) is 15.6 Å². The molecule has 0 unspecified atom stereocenters. The highest BCUT2D eigenvalue weighted by Crippen LogP contribution is 2.37. The summed E-state index contributed by atoms with van der Waals surface area (Å²) in [7, 11) is 0. The first kappa shape index (κ1) is 13.5. The van der Waals surface area contributed by atoms with E-state index in [1.165, 1.54) is 22.9 Å². The number of carboxylic acids is 1. The number of alkyl halides is 3. The number of rotatable bonds is 2. The molecule has 0 atom stereocenters. The summed E-state index contributed by atoms with van der Waals surface area (Å²) in [5, 5.41) is 8.83. The largest absolute Gasteiger partial charge is 0.478 e. The molecular weight excluding hydrogens is 259 g/mol. The van der Waals surface area contributed by atoms with Gasteiger partial charge in [0.25, 0.3) is 0 Å². The van der Waals surface area contributed by atoms with E-state index in [1.807, 2.05) is 0 Å². The van der Waals surface area contributed by atoms with Gasteiger partial charge in [-0.05, 0) is 26.0 Å². The fraction of sp³-hybridized carbons (Fsp3) is 0.308. The fourth-order valence-electron chi connectivity index (χ4n) is 2.14. The highest BCUT2D eigenvalue weighted by atomic mass is 19.4. The summed E-state index contributed by atoms with van der Waals surface area (Å²) >= 11 is 0. The number of halogens is 3. The van der Waals surface area contributed by atoms with Gasteiger partial charge in [0.15, 0.2) is 0 Å². The smallest absolute Gasteiger partial charge is 0.417 e. The van der Waals surface area contributed by atoms with Crippen molar-refractivity contribution < 1.29 is 23.1 Å². The Balaban J connectivity index is 2.91. The molecule has 0 aliphatic carbocycles. The van der Waals surface area contributed by atoms with E-state index >= 15 is 0 Å². The Morgan fingerprint density at radius 3 is 2.42 bits per heavy atom. The van der Waals surface area contributed by atoms with Crippen molar-refractivity contribution in [2.24, 2.45) is 0 Å². The Kier molecular flexibility index (Phi) is 3.04. The molecule has 2 aromatic rings. The van der Waals surface area contributed by atoms with Crippen LogP contribution < -0.4 is 0 Å². The van der Waals surface area contributed by atoms with Crippen LogP contribution in [-0.2, 0) is 6.18 Å². The van der Waals surface area contributed by atoms with Crippen molar-refractivity contribution in [2.75, 3.05) is 0 Å². The van der Waals surface area contributed by atoms with Crippen LogP contribution in [0.15, 0.2) is 24.4 Å². The number of aromatic carboxylic acids is 1. The summed E-state index contributed by atoms with van der Waals surface area (Å²) < 4.78 is 40.4. The van der Waals surface area contributed by atoms with Gasteiger partial charge >= 0.3 is 12.1 Å². The van der Waals surface area contributed by atoms with E-state index < -0.39 is 17.7 Å². The maximum Gasteiger partial charge on any atom is 0.417 e. The van der Waals surface area contributed by atoms with Crippen molar-refractivity contribution in [3.63, 3.8) is 0 Å². The second-order valence-corrected chi connectivity index (χ2v) is 4.55. The number of carbonyl (C=O) groups is 1. The Morgan fingerprint density at radius 1 is 1.32 bits per heavy atom. The minimum Gasteiger partial charge on any atom is -0.478 e. The number of hydrogen-bond acceptors (Lipinski definition) is 1. The summed E-state index contributed by atoms with van der Waals surface area (Å²) in [6, 6.07) is 3.56. The van der Waals surface area contributed by atoms with Crippen LogP contribution in [0.4, 0.5) is 13.2 Å². The molecule has 0 aliphatic rings. The van der Waals surface area contributed by atoms with Gasteiger partial charge in [0, 0.05) is 23.1 Å². The van der Waals surface area contributed by atoms with Crippen LogP contribution in [0.5, 0.6) is 0 Å². The predicted octanol–water partition coefficient (Wildman–Crippen LogP) is 3.94. The van der Waals surface area contributed by atoms with Gasteiger partial charge in [-0.3, -0.25) is 0 Å². The van der Waals surface area contributed by atoms with Gasteiger partial charge in [-0.2, -0.15) is 13.2 Å². The van der Waals surface area contributed by atoms with E-state index in [4.69, 9.17) is 5.11 Å². The lowest BCUT2D eigenvalue weighted by Gasteiger charge is -2.11. The maximum absolute atomic E-state index is 13.0. The first-order chi connectivity index (χ1) is 8.73. The molecule has 1 aromatic carbocycles. The average molecular weight is 271 g/mol. The van der Waals surface area contributed by atoms with E-state index in [2.05, 4.69) is 0 Å². The zero-order valence-corrected chi connectivity index (χ0v) is 10.3. The second-order valence-electron chi connectivity index (χ2n) is 4.55. The first-order valence-electron chi connectivity index (χ1n) is 5.67. The van der Waals surface area contributed by atoms with Crippen molar-refractivity contribution in [1.29, 1.82) is 0 Å². The van der Waals surface area contributed by atoms with Crippen molar-refractivity contribution in [3.05, 3.63) is 35.5 Å². The topological polar surface area (TPSA) is 42.2 Å². The number of benzene rings is 1.